The molecule has 0 aromatic heterocycles. The number of carbonyl (C=O) groups excluding carboxylic acids is 1. The Labute approximate surface area is 209 Å². The fourth-order valence-corrected chi connectivity index (χ4v) is 4.50. The van der Waals surface area contributed by atoms with Crippen LogP contribution in [0.15, 0.2) is 78.9 Å². The molecule has 4 rings (SSSR count). The van der Waals surface area contributed by atoms with Gasteiger partial charge in [-0.1, -0.05) is 67.6 Å². The first-order valence-corrected chi connectivity index (χ1v) is 11.7. The molecule has 0 bridgehead atoms. The molecule has 3 aromatic rings. The van der Waals surface area contributed by atoms with E-state index in [1.54, 1.807) is 0 Å². The smallest absolute Gasteiger partial charge is 0.164 e. The molecule has 0 unspecified atom stereocenters. The molecule has 34 heavy (non-hydrogen) atoms. The SMILES string of the molecule is Cc1cc(C(=O)CC(C)(c2ccccc2)c2ccccc2)ccc1OCCN1CCOCC1.Cl. The van der Waals surface area contributed by atoms with Crippen LogP contribution >= 0.6 is 12.4 Å². The Kier molecular flexibility index (Phi) is 9.28. The molecule has 0 atom stereocenters. The molecule has 0 saturated carbocycles. The third-order valence-corrected chi connectivity index (χ3v) is 6.60. The van der Waals surface area contributed by atoms with Crippen molar-refractivity contribution >= 4 is 18.2 Å². The fourth-order valence-electron chi connectivity index (χ4n) is 4.50. The zero-order valence-electron chi connectivity index (χ0n) is 20.0. The number of nitrogens with zero attached hydrogens (tertiary/aromatic N) is 1. The van der Waals surface area contributed by atoms with Gasteiger partial charge in [-0.05, 0) is 41.8 Å². The zero-order valence-corrected chi connectivity index (χ0v) is 20.9. The number of hydrogen-bond acceptors (Lipinski definition) is 4. The van der Waals surface area contributed by atoms with Gasteiger partial charge in [0, 0.05) is 37.0 Å². The molecule has 1 saturated heterocycles. The second-order valence-electron chi connectivity index (χ2n) is 8.95. The van der Waals surface area contributed by atoms with Crippen LogP contribution in [0.2, 0.25) is 0 Å². The van der Waals surface area contributed by atoms with E-state index in [0.29, 0.717) is 13.0 Å². The van der Waals surface area contributed by atoms with Crippen LogP contribution in [0.25, 0.3) is 0 Å². The highest BCUT2D eigenvalue weighted by Crippen LogP contribution is 2.36. The Morgan fingerprint density at radius 1 is 0.941 bits per heavy atom. The summed E-state index contributed by atoms with van der Waals surface area (Å²) in [6.45, 7) is 9.18. The minimum Gasteiger partial charge on any atom is -0.492 e. The first kappa shape index (κ1) is 26.0. The summed E-state index contributed by atoms with van der Waals surface area (Å²) in [6, 6.07) is 26.4. The second-order valence-corrected chi connectivity index (χ2v) is 8.95. The van der Waals surface area contributed by atoms with E-state index in [0.717, 1.165) is 60.9 Å². The molecule has 1 aliphatic heterocycles. The lowest BCUT2D eigenvalue weighted by atomic mass is 9.72. The van der Waals surface area contributed by atoms with E-state index in [-0.39, 0.29) is 18.2 Å². The van der Waals surface area contributed by atoms with Crippen molar-refractivity contribution < 1.29 is 14.3 Å². The van der Waals surface area contributed by atoms with Gasteiger partial charge in [-0.2, -0.15) is 0 Å². The van der Waals surface area contributed by atoms with E-state index < -0.39 is 5.41 Å². The van der Waals surface area contributed by atoms with Crippen LogP contribution in [0.3, 0.4) is 0 Å². The second kappa shape index (κ2) is 12.2. The van der Waals surface area contributed by atoms with Gasteiger partial charge in [0.05, 0.1) is 13.2 Å². The monoisotopic (exact) mass is 479 g/mol. The number of carbonyl (C=O) groups is 1. The van der Waals surface area contributed by atoms with Crippen LogP contribution < -0.4 is 4.74 Å². The summed E-state index contributed by atoms with van der Waals surface area (Å²) in [5.41, 5.74) is 3.60. The number of benzene rings is 3. The highest BCUT2D eigenvalue weighted by molar-refractivity contribution is 5.97. The van der Waals surface area contributed by atoms with Gasteiger partial charge >= 0.3 is 0 Å². The van der Waals surface area contributed by atoms with Gasteiger partial charge in [0.1, 0.15) is 12.4 Å². The quantitative estimate of drug-likeness (QED) is 0.369. The normalized spacial score (nSPS) is 14.3. The van der Waals surface area contributed by atoms with E-state index in [2.05, 4.69) is 36.1 Å². The number of aryl methyl sites for hydroxylation is 1. The Morgan fingerprint density at radius 2 is 1.53 bits per heavy atom. The van der Waals surface area contributed by atoms with Gasteiger partial charge in [0.25, 0.3) is 0 Å². The molecule has 1 heterocycles. The molecule has 1 fully saturated rings. The molecule has 4 nitrogen and oxygen atoms in total. The van der Waals surface area contributed by atoms with Crippen molar-refractivity contribution in [2.24, 2.45) is 0 Å². The zero-order chi connectivity index (χ0) is 23.1. The van der Waals surface area contributed by atoms with Gasteiger partial charge in [-0.25, -0.2) is 0 Å². The van der Waals surface area contributed by atoms with Crippen LogP contribution in [0.4, 0.5) is 0 Å². The lowest BCUT2D eigenvalue weighted by Gasteiger charge is -2.30. The van der Waals surface area contributed by atoms with E-state index in [1.165, 1.54) is 0 Å². The summed E-state index contributed by atoms with van der Waals surface area (Å²) in [5, 5.41) is 0. The summed E-state index contributed by atoms with van der Waals surface area (Å²) in [4.78, 5) is 15.8. The molecular weight excluding hydrogens is 446 g/mol. The summed E-state index contributed by atoms with van der Waals surface area (Å²) < 4.78 is 11.4. The molecule has 0 spiro atoms. The van der Waals surface area contributed by atoms with Crippen LogP contribution in [-0.2, 0) is 10.2 Å². The maximum Gasteiger partial charge on any atom is 0.164 e. The first-order valence-electron chi connectivity index (χ1n) is 11.7. The molecule has 1 aliphatic rings. The Morgan fingerprint density at radius 3 is 2.09 bits per heavy atom. The summed E-state index contributed by atoms with van der Waals surface area (Å²) >= 11 is 0. The van der Waals surface area contributed by atoms with Gasteiger partial charge in [0.2, 0.25) is 0 Å². The molecule has 0 aliphatic carbocycles. The number of Topliss-reactive ketones (excluding diaryl/α,β-unsaturated/α-hetero) is 1. The summed E-state index contributed by atoms with van der Waals surface area (Å²) in [7, 11) is 0. The molecule has 180 valence electrons. The number of hydrogen-bond donors (Lipinski definition) is 0. The lowest BCUT2D eigenvalue weighted by molar-refractivity contribution is 0.0322. The summed E-state index contributed by atoms with van der Waals surface area (Å²) in [6.07, 6.45) is 0.400. The summed E-state index contributed by atoms with van der Waals surface area (Å²) in [5.74, 6) is 0.974. The average Bonchev–Trinajstić information content (AvgIpc) is 2.86. The standard InChI is InChI=1S/C29H33NO3.ClH/c1-23-21-24(13-14-28(23)33-20-17-30-15-18-32-19-16-30)27(31)22-29(2,25-9-5-3-6-10-25)26-11-7-4-8-12-26;/h3-14,21H,15-20,22H2,1-2H3;1H. The van der Waals surface area contributed by atoms with E-state index in [9.17, 15) is 4.79 Å². The van der Waals surface area contributed by atoms with Crippen LogP contribution in [0.5, 0.6) is 5.75 Å². The first-order chi connectivity index (χ1) is 16.1. The highest BCUT2D eigenvalue weighted by atomic mass is 35.5. The minimum atomic E-state index is -0.402. The molecule has 5 heteroatoms. The number of halogens is 1. The molecule has 3 aromatic carbocycles. The van der Waals surface area contributed by atoms with E-state index >= 15 is 0 Å². The largest absolute Gasteiger partial charge is 0.492 e. The lowest BCUT2D eigenvalue weighted by Crippen LogP contribution is -2.38. The van der Waals surface area contributed by atoms with Crippen molar-refractivity contribution in [3.63, 3.8) is 0 Å². The number of ether oxygens (including phenoxy) is 2. The topological polar surface area (TPSA) is 38.8 Å². The molecule has 0 N–H and O–H groups in total. The Bertz CT molecular complexity index is 1010. The van der Waals surface area contributed by atoms with Gasteiger partial charge in [-0.3, -0.25) is 9.69 Å². The number of ketones is 1. The average molecular weight is 480 g/mol. The van der Waals surface area contributed by atoms with Crippen molar-refractivity contribution in [3.8, 4) is 5.75 Å². The third-order valence-electron chi connectivity index (χ3n) is 6.60. The van der Waals surface area contributed by atoms with Crippen LogP contribution in [0, 0.1) is 6.92 Å². The minimum absolute atomic E-state index is 0. The van der Waals surface area contributed by atoms with Crippen molar-refractivity contribution in [2.45, 2.75) is 25.7 Å². The predicted molar refractivity (Wildman–Crippen MR) is 139 cm³/mol. The van der Waals surface area contributed by atoms with Gasteiger partial charge < -0.3 is 9.47 Å². The van der Waals surface area contributed by atoms with Crippen molar-refractivity contribution in [1.82, 2.24) is 4.90 Å². The molecule has 0 amide bonds. The maximum atomic E-state index is 13.4. The highest BCUT2D eigenvalue weighted by Gasteiger charge is 2.32. The van der Waals surface area contributed by atoms with Gasteiger partial charge in [0.15, 0.2) is 5.78 Å². The number of morpholine rings is 1. The van der Waals surface area contributed by atoms with E-state index in [4.69, 9.17) is 9.47 Å². The van der Waals surface area contributed by atoms with Crippen molar-refractivity contribution in [3.05, 3.63) is 101 Å². The Hall–Kier alpha value is -2.66. The molecule has 0 radical (unpaired) electrons. The molecular formula is C29H34ClNO3. The number of rotatable bonds is 9. The van der Waals surface area contributed by atoms with Crippen molar-refractivity contribution in [1.29, 1.82) is 0 Å². The van der Waals surface area contributed by atoms with E-state index in [1.807, 2.05) is 61.5 Å². The van der Waals surface area contributed by atoms with Crippen LogP contribution in [-0.4, -0.2) is 50.1 Å². The van der Waals surface area contributed by atoms with Gasteiger partial charge in [-0.15, -0.1) is 12.4 Å². The fraction of sp³-hybridized carbons (Fsp3) is 0.345. The van der Waals surface area contributed by atoms with Crippen LogP contribution in [0.1, 0.15) is 40.4 Å². The third kappa shape index (κ3) is 6.26. The predicted octanol–water partition coefficient (Wildman–Crippen LogP) is 5.71. The van der Waals surface area contributed by atoms with Crippen molar-refractivity contribution in [2.75, 3.05) is 39.5 Å². The Balaban J connectivity index is 0.00000324. The maximum absolute atomic E-state index is 13.4.